The van der Waals surface area contributed by atoms with Crippen molar-refractivity contribution >= 4 is 0 Å². The van der Waals surface area contributed by atoms with Gasteiger partial charge in [0.1, 0.15) is 5.75 Å². The summed E-state index contributed by atoms with van der Waals surface area (Å²) in [5, 5.41) is 8.78. The first-order valence-corrected chi connectivity index (χ1v) is 7.09. The minimum atomic E-state index is 0.634. The summed E-state index contributed by atoms with van der Waals surface area (Å²) in [6.07, 6.45) is 6.29. The van der Waals surface area contributed by atoms with Gasteiger partial charge in [-0.1, -0.05) is 25.3 Å². The van der Waals surface area contributed by atoms with Gasteiger partial charge in [-0.2, -0.15) is 5.26 Å². The molecule has 0 unspecified atom stereocenters. The zero-order chi connectivity index (χ0) is 13.3. The van der Waals surface area contributed by atoms with Crippen molar-refractivity contribution in [3.63, 3.8) is 0 Å². The molecule has 0 aliphatic heterocycles. The molecule has 1 aliphatic rings. The van der Waals surface area contributed by atoms with Crippen molar-refractivity contribution in [3.8, 4) is 11.8 Å². The fourth-order valence-corrected chi connectivity index (χ4v) is 2.14. The predicted octanol–water partition coefficient (Wildman–Crippen LogP) is 3.53. The molecule has 0 amide bonds. The third-order valence-electron chi connectivity index (χ3n) is 3.56. The Morgan fingerprint density at radius 3 is 2.84 bits per heavy atom. The lowest BCUT2D eigenvalue weighted by Gasteiger charge is -2.24. The fourth-order valence-electron chi connectivity index (χ4n) is 2.14. The van der Waals surface area contributed by atoms with Crippen LogP contribution in [0.5, 0.6) is 5.75 Å². The van der Waals surface area contributed by atoms with Crippen molar-refractivity contribution in [2.24, 2.45) is 5.92 Å². The maximum Gasteiger partial charge on any atom is 0.120 e. The van der Waals surface area contributed by atoms with Crippen molar-refractivity contribution in [1.82, 2.24) is 0 Å². The number of benzene rings is 1. The molecule has 0 saturated heterocycles. The summed E-state index contributed by atoms with van der Waals surface area (Å²) in [5.74, 6) is 1.68. The molecule has 102 valence electrons. The first-order valence-electron chi connectivity index (χ1n) is 7.09. The maximum atomic E-state index is 8.78. The van der Waals surface area contributed by atoms with Gasteiger partial charge in [0.05, 0.1) is 18.2 Å². The van der Waals surface area contributed by atoms with Gasteiger partial charge in [0.25, 0.3) is 0 Å². The van der Waals surface area contributed by atoms with Crippen LogP contribution in [0.4, 0.5) is 0 Å². The molecule has 2 rings (SSSR count). The Bertz CT molecular complexity index is 421. The molecular weight excluding hydrogens is 238 g/mol. The second-order valence-electron chi connectivity index (χ2n) is 5.04. The van der Waals surface area contributed by atoms with Gasteiger partial charge in [-0.25, -0.2) is 0 Å². The summed E-state index contributed by atoms with van der Waals surface area (Å²) in [7, 11) is 0. The lowest BCUT2D eigenvalue weighted by molar-refractivity contribution is 0.0961. The molecule has 1 saturated carbocycles. The van der Waals surface area contributed by atoms with Crippen LogP contribution in [0.1, 0.15) is 37.7 Å². The molecule has 0 N–H and O–H groups in total. The zero-order valence-corrected chi connectivity index (χ0v) is 11.3. The molecule has 0 bridgehead atoms. The molecule has 19 heavy (non-hydrogen) atoms. The Labute approximate surface area is 115 Å². The summed E-state index contributed by atoms with van der Waals surface area (Å²) in [5.41, 5.74) is 0.634. The zero-order valence-electron chi connectivity index (χ0n) is 11.3. The lowest BCUT2D eigenvalue weighted by Crippen LogP contribution is -2.14. The van der Waals surface area contributed by atoms with E-state index in [4.69, 9.17) is 14.7 Å². The molecule has 0 heterocycles. The van der Waals surface area contributed by atoms with E-state index in [1.807, 2.05) is 12.1 Å². The van der Waals surface area contributed by atoms with E-state index in [9.17, 15) is 0 Å². The maximum absolute atomic E-state index is 8.78. The van der Waals surface area contributed by atoms with E-state index in [2.05, 4.69) is 6.07 Å². The number of nitrogens with zero attached hydrogens (tertiary/aromatic N) is 1. The molecule has 3 heteroatoms. The number of hydrogen-bond acceptors (Lipinski definition) is 3. The highest BCUT2D eigenvalue weighted by Gasteiger charge is 2.16. The van der Waals surface area contributed by atoms with E-state index in [0.717, 1.165) is 31.3 Å². The Kier molecular flexibility index (Phi) is 5.71. The van der Waals surface area contributed by atoms with Crippen LogP contribution in [0.2, 0.25) is 0 Å². The third kappa shape index (κ3) is 4.92. The van der Waals surface area contributed by atoms with Crippen molar-refractivity contribution in [2.75, 3.05) is 19.8 Å². The summed E-state index contributed by atoms with van der Waals surface area (Å²) < 4.78 is 11.2. The van der Waals surface area contributed by atoms with Gasteiger partial charge in [-0.3, -0.25) is 0 Å². The van der Waals surface area contributed by atoms with Gasteiger partial charge in [-0.05, 0) is 30.5 Å². The van der Waals surface area contributed by atoms with Crippen LogP contribution in [0.25, 0.3) is 0 Å². The van der Waals surface area contributed by atoms with Crippen LogP contribution in [0, 0.1) is 17.2 Å². The molecule has 1 fully saturated rings. The Hall–Kier alpha value is -1.53. The van der Waals surface area contributed by atoms with Gasteiger partial charge in [-0.15, -0.1) is 0 Å². The van der Waals surface area contributed by atoms with E-state index in [0.29, 0.717) is 12.2 Å². The van der Waals surface area contributed by atoms with Crippen LogP contribution in [-0.2, 0) is 4.74 Å². The number of rotatable bonds is 8. The molecule has 3 nitrogen and oxygen atoms in total. The van der Waals surface area contributed by atoms with Crippen molar-refractivity contribution in [3.05, 3.63) is 29.8 Å². The molecule has 0 radical (unpaired) electrons. The van der Waals surface area contributed by atoms with Crippen molar-refractivity contribution < 1.29 is 9.47 Å². The first kappa shape index (κ1) is 13.9. The Morgan fingerprint density at radius 1 is 1.21 bits per heavy atom. The number of nitriles is 1. The number of hydrogen-bond donors (Lipinski definition) is 0. The van der Waals surface area contributed by atoms with Gasteiger partial charge in [0, 0.05) is 19.6 Å². The summed E-state index contributed by atoms with van der Waals surface area (Å²) in [6, 6.07) is 9.35. The summed E-state index contributed by atoms with van der Waals surface area (Å²) in [6.45, 7) is 2.28. The van der Waals surface area contributed by atoms with Gasteiger partial charge >= 0.3 is 0 Å². The normalized spacial score (nSPS) is 14.7. The fraction of sp³-hybridized carbons (Fsp3) is 0.562. The molecule has 0 spiro atoms. The second kappa shape index (κ2) is 7.81. The smallest absolute Gasteiger partial charge is 0.120 e. The van der Waals surface area contributed by atoms with E-state index >= 15 is 0 Å². The van der Waals surface area contributed by atoms with Crippen LogP contribution < -0.4 is 4.74 Å². The van der Waals surface area contributed by atoms with Gasteiger partial charge < -0.3 is 9.47 Å². The molecule has 1 aliphatic carbocycles. The molecule has 1 aromatic carbocycles. The van der Waals surface area contributed by atoms with Gasteiger partial charge in [0.15, 0.2) is 0 Å². The monoisotopic (exact) mass is 259 g/mol. The molecule has 0 aromatic heterocycles. The topological polar surface area (TPSA) is 42.2 Å². The van der Waals surface area contributed by atoms with E-state index < -0.39 is 0 Å². The standard InChI is InChI=1S/C16H21NO2/c17-13-15-6-2-7-16(12-15)19-10-3-9-18-11-8-14-4-1-5-14/h2,6-7,12,14H,1,3-5,8-11H2. The van der Waals surface area contributed by atoms with Crippen LogP contribution in [0.15, 0.2) is 24.3 Å². The van der Waals surface area contributed by atoms with E-state index in [1.165, 1.54) is 25.7 Å². The minimum Gasteiger partial charge on any atom is -0.493 e. The largest absolute Gasteiger partial charge is 0.493 e. The second-order valence-corrected chi connectivity index (χ2v) is 5.04. The van der Waals surface area contributed by atoms with Gasteiger partial charge in [0.2, 0.25) is 0 Å². The SMILES string of the molecule is N#Cc1cccc(OCCCOCCC2CCC2)c1. The Morgan fingerprint density at radius 2 is 2.11 bits per heavy atom. The minimum absolute atomic E-state index is 0.634. The van der Waals surface area contributed by atoms with E-state index in [-0.39, 0.29) is 0 Å². The van der Waals surface area contributed by atoms with Crippen LogP contribution in [0.3, 0.4) is 0 Å². The van der Waals surface area contributed by atoms with Crippen molar-refractivity contribution in [2.45, 2.75) is 32.1 Å². The Balaban J connectivity index is 1.50. The lowest BCUT2D eigenvalue weighted by atomic mass is 9.83. The highest BCUT2D eigenvalue weighted by Crippen LogP contribution is 2.29. The highest BCUT2D eigenvalue weighted by molar-refractivity contribution is 5.36. The third-order valence-corrected chi connectivity index (χ3v) is 3.56. The first-order chi connectivity index (χ1) is 9.38. The molecular formula is C16H21NO2. The van der Waals surface area contributed by atoms with Crippen molar-refractivity contribution in [1.29, 1.82) is 5.26 Å². The average molecular weight is 259 g/mol. The molecule has 0 atom stereocenters. The average Bonchev–Trinajstić information content (AvgIpc) is 2.40. The quantitative estimate of drug-likeness (QED) is 0.671. The number of ether oxygens (including phenoxy) is 2. The van der Waals surface area contributed by atoms with E-state index in [1.54, 1.807) is 12.1 Å². The summed E-state index contributed by atoms with van der Waals surface area (Å²) in [4.78, 5) is 0. The predicted molar refractivity (Wildman–Crippen MR) is 74.0 cm³/mol. The summed E-state index contributed by atoms with van der Waals surface area (Å²) >= 11 is 0. The van der Waals surface area contributed by atoms with Crippen LogP contribution >= 0.6 is 0 Å². The highest BCUT2D eigenvalue weighted by atomic mass is 16.5. The van der Waals surface area contributed by atoms with Crippen LogP contribution in [-0.4, -0.2) is 19.8 Å². The molecule has 1 aromatic rings.